The van der Waals surface area contributed by atoms with Crippen LogP contribution in [0.1, 0.15) is 34.6 Å². The summed E-state index contributed by atoms with van der Waals surface area (Å²) in [4.78, 5) is 39.9. The molecule has 2 N–H and O–H groups in total. The van der Waals surface area contributed by atoms with Crippen molar-refractivity contribution in [2.24, 2.45) is 4.99 Å². The number of hydrazine groups is 1. The van der Waals surface area contributed by atoms with Crippen molar-refractivity contribution in [3.8, 4) is 0 Å². The highest BCUT2D eigenvalue weighted by Gasteiger charge is 2.26. The van der Waals surface area contributed by atoms with E-state index in [1.165, 1.54) is 32.4 Å². The fraction of sp³-hybridized carbons (Fsp3) is 0.263. The summed E-state index contributed by atoms with van der Waals surface area (Å²) in [6.45, 7) is 7.40. The Hall–Kier alpha value is -3.62. The first-order chi connectivity index (χ1) is 13.3. The predicted octanol–water partition coefficient (Wildman–Crippen LogP) is 1.98. The van der Waals surface area contributed by atoms with E-state index in [-0.39, 0.29) is 29.0 Å². The number of rotatable bonds is 6. The normalized spacial score (nSPS) is 13.0. The van der Waals surface area contributed by atoms with Crippen molar-refractivity contribution < 1.29 is 28.6 Å². The maximum Gasteiger partial charge on any atom is 0.340 e. The van der Waals surface area contributed by atoms with Gasteiger partial charge in [0.05, 0.1) is 48.9 Å². The molecule has 0 amide bonds. The predicted molar refractivity (Wildman–Crippen MR) is 102 cm³/mol. The van der Waals surface area contributed by atoms with Crippen LogP contribution in [0.15, 0.2) is 46.6 Å². The summed E-state index contributed by atoms with van der Waals surface area (Å²) < 4.78 is 14.4. The Balaban J connectivity index is 2.25. The van der Waals surface area contributed by atoms with Gasteiger partial charge in [0.2, 0.25) is 0 Å². The minimum atomic E-state index is -0.610. The highest BCUT2D eigenvalue weighted by atomic mass is 16.5. The molecule has 0 aromatic heterocycles. The van der Waals surface area contributed by atoms with Crippen molar-refractivity contribution in [1.82, 2.24) is 5.43 Å². The molecule has 9 heteroatoms. The molecule has 1 heterocycles. The van der Waals surface area contributed by atoms with Crippen LogP contribution in [-0.4, -0.2) is 44.6 Å². The summed E-state index contributed by atoms with van der Waals surface area (Å²) in [6.07, 6.45) is 0. The monoisotopic (exact) mass is 387 g/mol. The van der Waals surface area contributed by atoms with Gasteiger partial charge < -0.3 is 14.2 Å². The van der Waals surface area contributed by atoms with Gasteiger partial charge in [0, 0.05) is 5.57 Å². The minimum Gasteiger partial charge on any atom is -0.465 e. The SMILES string of the molecule is C=C1N=C(NNc2cc(C(=O)OC)cc(C(=O)OC)c2)C(C)=C1C(=O)OCC. The van der Waals surface area contributed by atoms with Gasteiger partial charge in [-0.15, -0.1) is 0 Å². The molecule has 0 radical (unpaired) electrons. The van der Waals surface area contributed by atoms with Crippen molar-refractivity contribution in [1.29, 1.82) is 0 Å². The van der Waals surface area contributed by atoms with E-state index in [9.17, 15) is 14.4 Å². The highest BCUT2D eigenvalue weighted by molar-refractivity contribution is 6.12. The maximum atomic E-state index is 12.0. The number of ether oxygens (including phenoxy) is 3. The fourth-order valence-corrected chi connectivity index (χ4v) is 2.51. The van der Waals surface area contributed by atoms with E-state index in [4.69, 9.17) is 14.2 Å². The minimum absolute atomic E-state index is 0.159. The second-order valence-electron chi connectivity index (χ2n) is 5.66. The van der Waals surface area contributed by atoms with Crippen LogP contribution in [0.4, 0.5) is 5.69 Å². The lowest BCUT2D eigenvalue weighted by Crippen LogP contribution is -2.30. The average molecular weight is 387 g/mol. The van der Waals surface area contributed by atoms with Crippen molar-refractivity contribution in [2.45, 2.75) is 13.8 Å². The van der Waals surface area contributed by atoms with E-state index in [0.29, 0.717) is 17.1 Å². The first-order valence-corrected chi connectivity index (χ1v) is 8.32. The molecule has 9 nitrogen and oxygen atoms in total. The van der Waals surface area contributed by atoms with E-state index in [2.05, 4.69) is 22.4 Å². The van der Waals surface area contributed by atoms with E-state index in [1.807, 2.05) is 0 Å². The number of methoxy groups -OCH3 is 2. The van der Waals surface area contributed by atoms with Crippen LogP contribution in [0.2, 0.25) is 0 Å². The Morgan fingerprint density at radius 1 is 1.00 bits per heavy atom. The van der Waals surface area contributed by atoms with Crippen molar-refractivity contribution in [3.05, 3.63) is 52.7 Å². The third kappa shape index (κ3) is 4.37. The van der Waals surface area contributed by atoms with E-state index >= 15 is 0 Å². The molecule has 1 aliphatic rings. The number of carbonyl (C=O) groups excluding carboxylic acids is 3. The zero-order valence-corrected chi connectivity index (χ0v) is 16.0. The van der Waals surface area contributed by atoms with Crippen LogP contribution in [0.5, 0.6) is 0 Å². The molecule has 1 aliphatic heterocycles. The second kappa shape index (κ2) is 8.85. The molecule has 0 saturated heterocycles. The molecule has 0 saturated carbocycles. The first kappa shape index (κ1) is 20.7. The van der Waals surface area contributed by atoms with Gasteiger partial charge >= 0.3 is 17.9 Å². The van der Waals surface area contributed by atoms with Gasteiger partial charge in [-0.1, -0.05) is 6.58 Å². The molecule has 0 spiro atoms. The van der Waals surface area contributed by atoms with Crippen LogP contribution < -0.4 is 10.9 Å². The quantitative estimate of drug-likeness (QED) is 0.433. The van der Waals surface area contributed by atoms with E-state index in [0.717, 1.165) is 0 Å². The zero-order valence-electron chi connectivity index (χ0n) is 16.0. The molecule has 28 heavy (non-hydrogen) atoms. The lowest BCUT2D eigenvalue weighted by molar-refractivity contribution is -0.138. The standard InChI is InChI=1S/C19H21N3O6/c1-6-28-19(25)15-10(2)16(20-11(15)3)22-21-14-8-12(17(23)26-4)7-13(9-14)18(24)27-5/h7-9,21H,3,6H2,1-2,4-5H3,(H,20,22). The molecule has 1 aromatic carbocycles. The van der Waals surface area contributed by atoms with Crippen molar-refractivity contribution in [2.75, 3.05) is 26.3 Å². The fourth-order valence-electron chi connectivity index (χ4n) is 2.51. The summed E-state index contributed by atoms with van der Waals surface area (Å²) in [5.41, 5.74) is 7.50. The van der Waals surface area contributed by atoms with Gasteiger partial charge in [0.1, 0.15) is 5.84 Å². The van der Waals surface area contributed by atoms with Gasteiger partial charge in [-0.3, -0.25) is 10.9 Å². The third-order valence-corrected chi connectivity index (χ3v) is 3.85. The molecule has 148 valence electrons. The van der Waals surface area contributed by atoms with Crippen molar-refractivity contribution >= 4 is 29.4 Å². The molecule has 0 unspecified atom stereocenters. The van der Waals surface area contributed by atoms with Crippen LogP contribution in [0, 0.1) is 0 Å². The Bertz CT molecular complexity index is 867. The molecular weight excluding hydrogens is 366 g/mol. The smallest absolute Gasteiger partial charge is 0.340 e. The van der Waals surface area contributed by atoms with Crippen molar-refractivity contribution in [3.63, 3.8) is 0 Å². The van der Waals surface area contributed by atoms with Gasteiger partial charge in [0.15, 0.2) is 0 Å². The maximum absolute atomic E-state index is 12.0. The number of nitrogens with one attached hydrogen (secondary N) is 2. The van der Waals surface area contributed by atoms with Crippen LogP contribution in [0.25, 0.3) is 0 Å². The number of aliphatic imine (C=N–C) groups is 1. The van der Waals surface area contributed by atoms with Crippen LogP contribution in [-0.2, 0) is 19.0 Å². The van der Waals surface area contributed by atoms with Gasteiger partial charge in [-0.2, -0.15) is 0 Å². The molecule has 2 rings (SSSR count). The lowest BCUT2D eigenvalue weighted by Gasteiger charge is -2.13. The Morgan fingerprint density at radius 2 is 1.57 bits per heavy atom. The summed E-state index contributed by atoms with van der Waals surface area (Å²) >= 11 is 0. The number of nitrogens with zero attached hydrogens (tertiary/aromatic N) is 1. The molecule has 1 aromatic rings. The molecule has 0 bridgehead atoms. The van der Waals surface area contributed by atoms with E-state index < -0.39 is 17.9 Å². The van der Waals surface area contributed by atoms with Gasteiger partial charge in [0.25, 0.3) is 0 Å². The van der Waals surface area contributed by atoms with Crippen LogP contribution in [0.3, 0.4) is 0 Å². The summed E-state index contributed by atoms with van der Waals surface area (Å²) in [6, 6.07) is 4.34. The topological polar surface area (TPSA) is 115 Å². The van der Waals surface area contributed by atoms with Crippen LogP contribution >= 0.6 is 0 Å². The first-order valence-electron chi connectivity index (χ1n) is 8.32. The second-order valence-corrected chi connectivity index (χ2v) is 5.66. The zero-order chi connectivity index (χ0) is 20.8. The molecule has 0 aliphatic carbocycles. The summed E-state index contributed by atoms with van der Waals surface area (Å²) in [5.74, 6) is -1.37. The number of benzene rings is 1. The number of hydrogen-bond donors (Lipinski definition) is 2. The van der Waals surface area contributed by atoms with Gasteiger partial charge in [-0.25, -0.2) is 19.4 Å². The summed E-state index contributed by atoms with van der Waals surface area (Å²) in [5, 5.41) is 0. The largest absolute Gasteiger partial charge is 0.465 e. The Labute approximate surface area is 162 Å². The number of carbonyl (C=O) groups is 3. The third-order valence-electron chi connectivity index (χ3n) is 3.85. The van der Waals surface area contributed by atoms with E-state index in [1.54, 1.807) is 13.8 Å². The Morgan fingerprint density at radius 3 is 2.07 bits per heavy atom. The molecule has 0 atom stereocenters. The number of hydrogen-bond acceptors (Lipinski definition) is 9. The molecule has 0 fully saturated rings. The Kier molecular flexibility index (Phi) is 6.54. The highest BCUT2D eigenvalue weighted by Crippen LogP contribution is 2.24. The number of amidine groups is 1. The lowest BCUT2D eigenvalue weighted by atomic mass is 10.1. The average Bonchev–Trinajstić information content (AvgIpc) is 2.98. The van der Waals surface area contributed by atoms with Gasteiger partial charge in [-0.05, 0) is 32.0 Å². The summed E-state index contributed by atoms with van der Waals surface area (Å²) in [7, 11) is 2.48. The number of esters is 3. The number of anilines is 1. The molecular formula is C19H21N3O6.